The molecule has 3 nitrogen and oxygen atoms in total. The molecule has 0 aliphatic carbocycles. The smallest absolute Gasteiger partial charge is 0.255 e. The summed E-state index contributed by atoms with van der Waals surface area (Å²) in [6, 6.07) is 13.7. The molecule has 1 amide bonds. The SMILES string of the molecule is CC(Nc1ccccc1C(=O)N(C)C)c1cccc(F)c1. The second-order valence-electron chi connectivity index (χ2n) is 5.17. The number of halogens is 1. The molecule has 1 N–H and O–H groups in total. The van der Waals surface area contributed by atoms with Crippen LogP contribution in [0, 0.1) is 5.82 Å². The number of hydrogen-bond donors (Lipinski definition) is 1. The van der Waals surface area contributed by atoms with Crippen molar-refractivity contribution in [2.45, 2.75) is 13.0 Å². The number of anilines is 1. The lowest BCUT2D eigenvalue weighted by atomic mass is 10.1. The average Bonchev–Trinajstić information content (AvgIpc) is 2.47. The quantitative estimate of drug-likeness (QED) is 0.929. The van der Waals surface area contributed by atoms with E-state index in [1.807, 2.05) is 31.2 Å². The van der Waals surface area contributed by atoms with Gasteiger partial charge in [-0.05, 0) is 36.8 Å². The predicted molar refractivity (Wildman–Crippen MR) is 82.9 cm³/mol. The summed E-state index contributed by atoms with van der Waals surface area (Å²) in [5, 5.41) is 3.28. The summed E-state index contributed by atoms with van der Waals surface area (Å²) in [4.78, 5) is 13.7. The number of nitrogens with zero attached hydrogens (tertiary/aromatic N) is 1. The second kappa shape index (κ2) is 6.39. The van der Waals surface area contributed by atoms with Gasteiger partial charge in [0.2, 0.25) is 0 Å². The summed E-state index contributed by atoms with van der Waals surface area (Å²) >= 11 is 0. The van der Waals surface area contributed by atoms with Crippen molar-refractivity contribution in [3.8, 4) is 0 Å². The maximum atomic E-state index is 13.3. The van der Waals surface area contributed by atoms with Crippen molar-refractivity contribution in [3.63, 3.8) is 0 Å². The highest BCUT2D eigenvalue weighted by Gasteiger charge is 2.14. The van der Waals surface area contributed by atoms with Crippen LogP contribution in [-0.4, -0.2) is 24.9 Å². The van der Waals surface area contributed by atoms with Gasteiger partial charge in [0.1, 0.15) is 5.82 Å². The fourth-order valence-electron chi connectivity index (χ4n) is 2.13. The van der Waals surface area contributed by atoms with Gasteiger partial charge >= 0.3 is 0 Å². The highest BCUT2D eigenvalue weighted by molar-refractivity contribution is 5.99. The van der Waals surface area contributed by atoms with E-state index < -0.39 is 0 Å². The van der Waals surface area contributed by atoms with Crippen molar-refractivity contribution < 1.29 is 9.18 Å². The van der Waals surface area contributed by atoms with Crippen molar-refractivity contribution in [2.75, 3.05) is 19.4 Å². The van der Waals surface area contributed by atoms with Gasteiger partial charge in [-0.15, -0.1) is 0 Å². The van der Waals surface area contributed by atoms with Gasteiger partial charge in [0, 0.05) is 25.8 Å². The first kappa shape index (κ1) is 15.0. The van der Waals surface area contributed by atoms with Crippen LogP contribution in [0.3, 0.4) is 0 Å². The Labute approximate surface area is 124 Å². The first-order chi connectivity index (χ1) is 9.99. The third-order valence-electron chi connectivity index (χ3n) is 3.28. The normalized spacial score (nSPS) is 11.8. The Bertz CT molecular complexity index is 640. The topological polar surface area (TPSA) is 32.3 Å². The lowest BCUT2D eigenvalue weighted by Crippen LogP contribution is -2.23. The first-order valence-electron chi connectivity index (χ1n) is 6.81. The number of amides is 1. The molecule has 1 atom stereocenters. The molecule has 1 unspecified atom stereocenters. The monoisotopic (exact) mass is 286 g/mol. The molecule has 0 spiro atoms. The minimum atomic E-state index is -0.265. The number of carbonyl (C=O) groups excluding carboxylic acids is 1. The van der Waals surface area contributed by atoms with Gasteiger partial charge in [0.25, 0.3) is 5.91 Å². The van der Waals surface area contributed by atoms with Crippen LogP contribution in [0.1, 0.15) is 28.9 Å². The number of carbonyl (C=O) groups is 1. The Hall–Kier alpha value is -2.36. The summed E-state index contributed by atoms with van der Waals surface area (Å²) < 4.78 is 13.3. The van der Waals surface area contributed by atoms with Gasteiger partial charge in [0.15, 0.2) is 0 Å². The Morgan fingerprint density at radius 3 is 2.52 bits per heavy atom. The molecule has 2 aromatic rings. The Morgan fingerprint density at radius 2 is 1.86 bits per heavy atom. The molecular weight excluding hydrogens is 267 g/mol. The van der Waals surface area contributed by atoms with E-state index in [1.54, 1.807) is 26.2 Å². The molecule has 0 aromatic heterocycles. The Kier molecular flexibility index (Phi) is 4.58. The summed E-state index contributed by atoms with van der Waals surface area (Å²) in [7, 11) is 3.43. The zero-order valence-electron chi connectivity index (χ0n) is 12.4. The average molecular weight is 286 g/mol. The fraction of sp³-hybridized carbons (Fsp3) is 0.235. The zero-order chi connectivity index (χ0) is 15.4. The van der Waals surface area contributed by atoms with Gasteiger partial charge in [-0.1, -0.05) is 24.3 Å². The molecule has 0 aliphatic rings. The van der Waals surface area contributed by atoms with Gasteiger partial charge in [-0.3, -0.25) is 4.79 Å². The largest absolute Gasteiger partial charge is 0.378 e. The van der Waals surface area contributed by atoms with Gasteiger partial charge < -0.3 is 10.2 Å². The zero-order valence-corrected chi connectivity index (χ0v) is 12.4. The number of para-hydroxylation sites is 1. The van der Waals surface area contributed by atoms with Crippen molar-refractivity contribution >= 4 is 11.6 Å². The lowest BCUT2D eigenvalue weighted by molar-refractivity contribution is 0.0828. The van der Waals surface area contributed by atoms with Gasteiger partial charge in [-0.25, -0.2) is 4.39 Å². The maximum Gasteiger partial charge on any atom is 0.255 e. The summed E-state index contributed by atoms with van der Waals surface area (Å²) in [5.74, 6) is -0.330. The van der Waals surface area contributed by atoms with Crippen molar-refractivity contribution in [2.24, 2.45) is 0 Å². The van der Waals surface area contributed by atoms with Crippen molar-refractivity contribution in [1.82, 2.24) is 4.90 Å². The van der Waals surface area contributed by atoms with Crippen LogP contribution in [-0.2, 0) is 0 Å². The van der Waals surface area contributed by atoms with Crippen LogP contribution >= 0.6 is 0 Å². The van der Waals surface area contributed by atoms with Crippen LogP contribution in [0.4, 0.5) is 10.1 Å². The number of nitrogens with one attached hydrogen (secondary N) is 1. The van der Waals surface area contributed by atoms with Crippen LogP contribution in [0.5, 0.6) is 0 Å². The highest BCUT2D eigenvalue weighted by Crippen LogP contribution is 2.23. The molecule has 0 heterocycles. The van der Waals surface area contributed by atoms with Crippen LogP contribution in [0.15, 0.2) is 48.5 Å². The molecule has 2 rings (SSSR count). The molecule has 0 saturated carbocycles. The number of hydrogen-bond acceptors (Lipinski definition) is 2. The van der Waals surface area contributed by atoms with Gasteiger partial charge in [0.05, 0.1) is 5.56 Å². The van der Waals surface area contributed by atoms with Crippen molar-refractivity contribution in [3.05, 3.63) is 65.5 Å². The molecule has 21 heavy (non-hydrogen) atoms. The van der Waals surface area contributed by atoms with E-state index in [9.17, 15) is 9.18 Å². The van der Waals surface area contributed by atoms with E-state index in [2.05, 4.69) is 5.32 Å². The highest BCUT2D eigenvalue weighted by atomic mass is 19.1. The minimum Gasteiger partial charge on any atom is -0.378 e. The van der Waals surface area contributed by atoms with E-state index in [-0.39, 0.29) is 17.8 Å². The number of benzene rings is 2. The molecule has 110 valence electrons. The summed E-state index contributed by atoms with van der Waals surface area (Å²) in [6.07, 6.45) is 0. The van der Waals surface area contributed by atoms with Crippen LogP contribution in [0.2, 0.25) is 0 Å². The lowest BCUT2D eigenvalue weighted by Gasteiger charge is -2.19. The summed E-state index contributed by atoms with van der Waals surface area (Å²) in [5.41, 5.74) is 2.18. The first-order valence-corrected chi connectivity index (χ1v) is 6.81. The molecule has 4 heteroatoms. The molecule has 0 aliphatic heterocycles. The third kappa shape index (κ3) is 3.60. The molecule has 0 saturated heterocycles. The third-order valence-corrected chi connectivity index (χ3v) is 3.28. The minimum absolute atomic E-state index is 0.0652. The van der Waals surface area contributed by atoms with E-state index >= 15 is 0 Å². The van der Waals surface area contributed by atoms with E-state index in [4.69, 9.17) is 0 Å². The van der Waals surface area contributed by atoms with E-state index in [1.165, 1.54) is 17.0 Å². The van der Waals surface area contributed by atoms with Gasteiger partial charge in [-0.2, -0.15) is 0 Å². The van der Waals surface area contributed by atoms with E-state index in [0.29, 0.717) is 5.56 Å². The molecule has 0 bridgehead atoms. The predicted octanol–water partition coefficient (Wildman–Crippen LogP) is 3.70. The number of rotatable bonds is 4. The van der Waals surface area contributed by atoms with Crippen LogP contribution < -0.4 is 5.32 Å². The van der Waals surface area contributed by atoms with Crippen LogP contribution in [0.25, 0.3) is 0 Å². The van der Waals surface area contributed by atoms with E-state index in [0.717, 1.165) is 11.3 Å². The molecule has 0 radical (unpaired) electrons. The molecular formula is C17H19FN2O. The molecule has 2 aromatic carbocycles. The Morgan fingerprint density at radius 1 is 1.14 bits per heavy atom. The standard InChI is InChI=1S/C17H19FN2O/c1-12(13-7-6-8-14(18)11-13)19-16-10-5-4-9-15(16)17(21)20(2)3/h4-12,19H,1-3H3. The fourth-order valence-corrected chi connectivity index (χ4v) is 2.13. The molecule has 0 fully saturated rings. The second-order valence-corrected chi connectivity index (χ2v) is 5.17. The maximum absolute atomic E-state index is 13.3. The summed E-state index contributed by atoms with van der Waals surface area (Å²) in [6.45, 7) is 1.94. The Balaban J connectivity index is 2.25. The van der Waals surface area contributed by atoms with Crippen molar-refractivity contribution in [1.29, 1.82) is 0 Å².